The smallest absolute Gasteiger partial charge is 0.246 e. The highest BCUT2D eigenvalue weighted by Crippen LogP contribution is 2.37. The highest BCUT2D eigenvalue weighted by molar-refractivity contribution is 5.98. The molecule has 0 spiro atoms. The Kier molecular flexibility index (Phi) is 6.17. The molecule has 0 unspecified atom stereocenters. The summed E-state index contributed by atoms with van der Waals surface area (Å²) in [7, 11) is 1.65. The Balaban J connectivity index is 1.39. The van der Waals surface area contributed by atoms with E-state index in [1.165, 1.54) is 5.56 Å². The first-order valence-electron chi connectivity index (χ1n) is 10.7. The Labute approximate surface area is 177 Å². The van der Waals surface area contributed by atoms with E-state index < -0.39 is 0 Å². The fraction of sp³-hybridized carbons (Fsp3) is 0.360. The lowest BCUT2D eigenvalue weighted by atomic mass is 9.92. The molecule has 0 aliphatic carbocycles. The van der Waals surface area contributed by atoms with E-state index in [2.05, 4.69) is 6.07 Å². The van der Waals surface area contributed by atoms with E-state index >= 15 is 0 Å². The average molecular weight is 405 g/mol. The van der Waals surface area contributed by atoms with Crippen molar-refractivity contribution in [2.45, 2.75) is 25.7 Å². The second-order valence-electron chi connectivity index (χ2n) is 7.91. The van der Waals surface area contributed by atoms with E-state index in [4.69, 9.17) is 4.74 Å². The third-order valence-corrected chi connectivity index (χ3v) is 6.04. The molecular weight excluding hydrogens is 376 g/mol. The summed E-state index contributed by atoms with van der Waals surface area (Å²) in [6.45, 7) is 1.95. The molecule has 2 aromatic carbocycles. The lowest BCUT2D eigenvalue weighted by molar-refractivity contribution is -0.131. The molecule has 30 heavy (non-hydrogen) atoms. The summed E-state index contributed by atoms with van der Waals surface area (Å²) in [4.78, 5) is 29.6. The molecule has 1 fully saturated rings. The van der Waals surface area contributed by atoms with Crippen LogP contribution in [0.5, 0.6) is 5.75 Å². The Morgan fingerprint density at radius 1 is 1.00 bits per heavy atom. The fourth-order valence-electron chi connectivity index (χ4n) is 4.40. The van der Waals surface area contributed by atoms with Crippen molar-refractivity contribution in [1.82, 2.24) is 4.90 Å². The van der Waals surface area contributed by atoms with Crippen molar-refractivity contribution in [3.05, 3.63) is 65.7 Å². The van der Waals surface area contributed by atoms with Crippen molar-refractivity contribution in [3.63, 3.8) is 0 Å². The number of para-hydroxylation sites is 1. The van der Waals surface area contributed by atoms with E-state index in [0.717, 1.165) is 36.4 Å². The number of hydrogen-bond donors (Lipinski definition) is 0. The van der Waals surface area contributed by atoms with Gasteiger partial charge in [0, 0.05) is 31.6 Å². The van der Waals surface area contributed by atoms with Crippen LogP contribution in [0.2, 0.25) is 0 Å². The van der Waals surface area contributed by atoms with Crippen LogP contribution >= 0.6 is 0 Å². The Morgan fingerprint density at radius 2 is 1.77 bits per heavy atom. The van der Waals surface area contributed by atoms with E-state index in [0.29, 0.717) is 25.9 Å². The summed E-state index contributed by atoms with van der Waals surface area (Å²) in [6, 6.07) is 15.8. The lowest BCUT2D eigenvalue weighted by Gasteiger charge is -2.36. The minimum Gasteiger partial charge on any atom is -0.495 e. The van der Waals surface area contributed by atoms with Crippen LogP contribution in [0.15, 0.2) is 54.6 Å². The molecule has 0 aromatic heterocycles. The van der Waals surface area contributed by atoms with E-state index in [9.17, 15) is 9.59 Å². The fourth-order valence-corrected chi connectivity index (χ4v) is 4.40. The number of aryl methyl sites for hydroxylation is 1. The van der Waals surface area contributed by atoms with Crippen LogP contribution in [0.1, 0.15) is 30.4 Å². The molecule has 0 N–H and O–H groups in total. The number of anilines is 1. The van der Waals surface area contributed by atoms with Gasteiger partial charge in [-0.05, 0) is 49.0 Å². The number of amides is 2. The molecule has 2 aliphatic rings. The molecular formula is C25H28N2O3. The molecule has 5 nitrogen and oxygen atoms in total. The van der Waals surface area contributed by atoms with Gasteiger partial charge in [-0.25, -0.2) is 0 Å². The summed E-state index contributed by atoms with van der Waals surface area (Å²) in [5.41, 5.74) is 3.11. The average Bonchev–Trinajstić information content (AvgIpc) is 2.82. The first-order chi connectivity index (χ1) is 14.7. The Morgan fingerprint density at radius 3 is 2.50 bits per heavy atom. The van der Waals surface area contributed by atoms with Gasteiger partial charge in [0.25, 0.3) is 0 Å². The summed E-state index contributed by atoms with van der Waals surface area (Å²) in [6.07, 6.45) is 6.81. The maximum atomic E-state index is 13.3. The highest BCUT2D eigenvalue weighted by Gasteiger charge is 2.33. The second kappa shape index (κ2) is 9.16. The third kappa shape index (κ3) is 4.25. The minimum atomic E-state index is -0.0528. The molecule has 2 aliphatic heterocycles. The Bertz CT molecular complexity index is 916. The number of carbonyl (C=O) groups is 2. The maximum absolute atomic E-state index is 13.3. The third-order valence-electron chi connectivity index (χ3n) is 6.04. The quantitative estimate of drug-likeness (QED) is 0.726. The molecule has 156 valence electrons. The van der Waals surface area contributed by atoms with Crippen LogP contribution in [0, 0.1) is 5.92 Å². The number of piperidine rings is 1. The first kappa shape index (κ1) is 20.2. The molecule has 0 radical (unpaired) electrons. The second-order valence-corrected chi connectivity index (χ2v) is 7.91. The van der Waals surface area contributed by atoms with Gasteiger partial charge in [-0.3, -0.25) is 9.59 Å². The molecule has 0 saturated carbocycles. The van der Waals surface area contributed by atoms with Gasteiger partial charge in [0.1, 0.15) is 5.75 Å². The highest BCUT2D eigenvalue weighted by atomic mass is 16.5. The molecule has 2 heterocycles. The van der Waals surface area contributed by atoms with Crippen molar-refractivity contribution in [2.24, 2.45) is 5.92 Å². The lowest BCUT2D eigenvalue weighted by Crippen LogP contribution is -2.45. The predicted molar refractivity (Wildman–Crippen MR) is 118 cm³/mol. The van der Waals surface area contributed by atoms with Crippen LogP contribution < -0.4 is 9.64 Å². The zero-order valence-electron chi connectivity index (χ0n) is 17.4. The van der Waals surface area contributed by atoms with E-state index in [1.54, 1.807) is 13.2 Å². The van der Waals surface area contributed by atoms with Crippen LogP contribution in [0.25, 0.3) is 6.08 Å². The molecule has 1 saturated heterocycles. The van der Waals surface area contributed by atoms with Gasteiger partial charge >= 0.3 is 0 Å². The zero-order valence-corrected chi connectivity index (χ0v) is 17.4. The molecule has 2 aromatic rings. The number of ether oxygens (including phenoxy) is 1. The molecule has 0 bridgehead atoms. The van der Waals surface area contributed by atoms with Crippen LogP contribution in [-0.2, 0) is 16.0 Å². The van der Waals surface area contributed by atoms with Crippen LogP contribution in [-0.4, -0.2) is 43.5 Å². The number of nitrogens with zero attached hydrogens (tertiary/aromatic N) is 2. The van der Waals surface area contributed by atoms with Gasteiger partial charge in [-0.15, -0.1) is 0 Å². The summed E-state index contributed by atoms with van der Waals surface area (Å²) >= 11 is 0. The van der Waals surface area contributed by atoms with Gasteiger partial charge in [0.15, 0.2) is 0 Å². The van der Waals surface area contributed by atoms with Crippen molar-refractivity contribution in [2.75, 3.05) is 31.6 Å². The van der Waals surface area contributed by atoms with Crippen LogP contribution in [0.4, 0.5) is 5.69 Å². The van der Waals surface area contributed by atoms with Gasteiger partial charge in [-0.1, -0.05) is 42.5 Å². The number of methoxy groups -OCH3 is 1. The molecule has 4 rings (SSSR count). The van der Waals surface area contributed by atoms with E-state index in [1.807, 2.05) is 58.3 Å². The summed E-state index contributed by atoms with van der Waals surface area (Å²) in [5.74, 6) is 0.879. The number of likely N-dealkylation sites (tertiary alicyclic amines) is 1. The summed E-state index contributed by atoms with van der Waals surface area (Å²) in [5, 5.41) is 0. The monoisotopic (exact) mass is 404 g/mol. The standard InChI is InChI=1S/C25H28N2O3/c1-30-22-11-5-9-20-10-6-16-27(24(20)22)25(29)21-14-17-26(18-15-21)23(28)13-12-19-7-3-2-4-8-19/h2-5,7-9,11-13,21H,6,10,14-18H2,1H3/b13-12+. The number of benzene rings is 2. The number of carbonyl (C=O) groups excluding carboxylic acids is 2. The van der Waals surface area contributed by atoms with Crippen molar-refractivity contribution < 1.29 is 14.3 Å². The molecule has 2 amide bonds. The number of fused-ring (bicyclic) bond motifs is 1. The van der Waals surface area contributed by atoms with E-state index in [-0.39, 0.29) is 17.7 Å². The number of rotatable bonds is 4. The van der Waals surface area contributed by atoms with Gasteiger partial charge < -0.3 is 14.5 Å². The van der Waals surface area contributed by atoms with Gasteiger partial charge in [-0.2, -0.15) is 0 Å². The minimum absolute atomic E-state index is 0.00902. The maximum Gasteiger partial charge on any atom is 0.246 e. The van der Waals surface area contributed by atoms with Gasteiger partial charge in [0.2, 0.25) is 11.8 Å². The molecule has 0 atom stereocenters. The van der Waals surface area contributed by atoms with Crippen molar-refractivity contribution in [1.29, 1.82) is 0 Å². The first-order valence-corrected chi connectivity index (χ1v) is 10.7. The zero-order chi connectivity index (χ0) is 20.9. The number of hydrogen-bond acceptors (Lipinski definition) is 3. The normalized spacial score (nSPS) is 17.1. The van der Waals surface area contributed by atoms with Crippen molar-refractivity contribution in [3.8, 4) is 5.75 Å². The largest absolute Gasteiger partial charge is 0.495 e. The van der Waals surface area contributed by atoms with Crippen molar-refractivity contribution >= 4 is 23.6 Å². The Hall–Kier alpha value is -3.08. The summed E-state index contributed by atoms with van der Waals surface area (Å²) < 4.78 is 5.54. The SMILES string of the molecule is COc1cccc2c1N(C(=O)C1CCN(C(=O)/C=C/c3ccccc3)CC1)CCC2. The molecule has 5 heteroatoms. The predicted octanol–water partition coefficient (Wildman–Crippen LogP) is 3.93. The van der Waals surface area contributed by atoms with Crippen LogP contribution in [0.3, 0.4) is 0 Å². The topological polar surface area (TPSA) is 49.9 Å². The van der Waals surface area contributed by atoms with Gasteiger partial charge in [0.05, 0.1) is 12.8 Å².